The van der Waals surface area contributed by atoms with Gasteiger partial charge >= 0.3 is 181 Å². The van der Waals surface area contributed by atoms with Crippen LogP contribution in [0.25, 0.3) is 0 Å². The van der Waals surface area contributed by atoms with Crippen LogP contribution in [0.2, 0.25) is 0 Å². The topological polar surface area (TPSA) is 26.3 Å². The van der Waals surface area contributed by atoms with Crippen LogP contribution in [0.1, 0.15) is 46.0 Å². The maximum atomic E-state index is 13.3. The predicted molar refractivity (Wildman–Crippen MR) is 131 cm³/mol. The number of unbranched alkanes of at least 4 members (excludes halogenated alkanes) is 2. The summed E-state index contributed by atoms with van der Waals surface area (Å²) in [5.41, 5.74) is 0. The van der Waals surface area contributed by atoms with E-state index in [-0.39, 0.29) is 5.97 Å². The molecule has 3 aromatic carbocycles. The number of hydrogen-bond acceptors (Lipinski definition) is 2. The van der Waals surface area contributed by atoms with Gasteiger partial charge in [0.2, 0.25) is 0 Å². The van der Waals surface area contributed by atoms with Gasteiger partial charge in [-0.3, -0.25) is 0 Å². The molecular formula is C27H33O2P. The summed E-state index contributed by atoms with van der Waals surface area (Å²) in [5.74, 6) is -0.0916. The van der Waals surface area contributed by atoms with Gasteiger partial charge in [0.15, 0.2) is 0 Å². The zero-order valence-corrected chi connectivity index (χ0v) is 19.1. The Hall–Kier alpha value is -2.44. The van der Waals surface area contributed by atoms with Crippen molar-refractivity contribution in [2.24, 2.45) is 0 Å². The van der Waals surface area contributed by atoms with Gasteiger partial charge in [-0.1, -0.05) is 0 Å². The second-order valence-electron chi connectivity index (χ2n) is 7.86. The van der Waals surface area contributed by atoms with Gasteiger partial charge in [-0.25, -0.2) is 0 Å². The van der Waals surface area contributed by atoms with Crippen molar-refractivity contribution in [1.29, 1.82) is 0 Å². The normalized spacial score (nSPS) is 12.7. The van der Waals surface area contributed by atoms with Gasteiger partial charge in [-0.15, -0.1) is 0 Å². The summed E-state index contributed by atoms with van der Waals surface area (Å²) in [6.07, 6.45) is 5.17. The molecule has 0 fully saturated rings. The van der Waals surface area contributed by atoms with E-state index in [9.17, 15) is 4.79 Å². The van der Waals surface area contributed by atoms with Gasteiger partial charge in [0.1, 0.15) is 0 Å². The Labute approximate surface area is 181 Å². The van der Waals surface area contributed by atoms with Crippen molar-refractivity contribution in [1.82, 2.24) is 0 Å². The van der Waals surface area contributed by atoms with E-state index in [1.165, 1.54) is 0 Å². The van der Waals surface area contributed by atoms with E-state index >= 15 is 0 Å². The minimum absolute atomic E-state index is 0.0916. The molecule has 0 spiro atoms. The van der Waals surface area contributed by atoms with Crippen molar-refractivity contribution in [3.05, 3.63) is 91.0 Å². The molecule has 2 nitrogen and oxygen atoms in total. The van der Waals surface area contributed by atoms with E-state index in [1.54, 1.807) is 0 Å². The summed E-state index contributed by atoms with van der Waals surface area (Å²) < 4.78 is 6.86. The van der Waals surface area contributed by atoms with Crippen LogP contribution in [0.15, 0.2) is 91.0 Å². The molecular weight excluding hydrogens is 387 g/mol. The molecule has 0 saturated heterocycles. The molecule has 3 aromatic rings. The van der Waals surface area contributed by atoms with E-state index in [1.807, 2.05) is 18.2 Å². The summed E-state index contributed by atoms with van der Waals surface area (Å²) in [6.45, 7) is 0.869. The number of rotatable bonds is 10. The van der Waals surface area contributed by atoms with E-state index in [2.05, 4.69) is 86.6 Å². The van der Waals surface area contributed by atoms with Crippen LogP contribution < -0.4 is 15.9 Å². The Morgan fingerprint density at radius 1 is 0.667 bits per heavy atom. The Balaban J connectivity index is 2.33. The van der Waals surface area contributed by atoms with Crippen molar-refractivity contribution in [3.63, 3.8) is 0 Å². The molecule has 0 amide bonds. The van der Waals surface area contributed by atoms with Crippen LogP contribution in [-0.4, -0.2) is 12.1 Å². The average molecular weight is 421 g/mol. The molecule has 0 aliphatic carbocycles. The van der Waals surface area contributed by atoms with Gasteiger partial charge in [-0.05, 0) is 0 Å². The Bertz CT molecular complexity index is 823. The SMILES string of the molecule is CCCCCC(=O)OP(CCC)(c1ccccc1)(c1ccccc1)c1ccccc1. The first-order valence-corrected chi connectivity index (χ1v) is 13.4. The van der Waals surface area contributed by atoms with Crippen LogP contribution in [0.4, 0.5) is 0 Å². The summed E-state index contributed by atoms with van der Waals surface area (Å²) in [6, 6.07) is 31.3. The molecule has 0 saturated carbocycles. The zero-order chi connectivity index (χ0) is 21.3. The molecule has 158 valence electrons. The predicted octanol–water partition coefficient (Wildman–Crippen LogP) is 5.96. The van der Waals surface area contributed by atoms with Crippen molar-refractivity contribution < 1.29 is 9.32 Å². The van der Waals surface area contributed by atoms with Crippen LogP contribution >= 0.6 is 6.83 Å². The first-order valence-electron chi connectivity index (χ1n) is 11.1. The fourth-order valence-corrected chi connectivity index (χ4v) is 10.4. The van der Waals surface area contributed by atoms with Crippen molar-refractivity contribution in [2.45, 2.75) is 46.0 Å². The molecule has 3 rings (SSSR count). The second-order valence-corrected chi connectivity index (χ2v) is 12.5. The molecule has 0 bridgehead atoms. The summed E-state index contributed by atoms with van der Waals surface area (Å²) in [4.78, 5) is 13.3. The molecule has 3 heteroatoms. The molecule has 0 aromatic heterocycles. The van der Waals surface area contributed by atoms with Crippen molar-refractivity contribution in [2.75, 3.05) is 6.16 Å². The molecule has 0 aliphatic heterocycles. The van der Waals surface area contributed by atoms with Crippen molar-refractivity contribution in [3.8, 4) is 0 Å². The molecule has 0 N–H and O–H groups in total. The molecule has 0 radical (unpaired) electrons. The maximum absolute atomic E-state index is 13.3. The monoisotopic (exact) mass is 420 g/mol. The quantitative estimate of drug-likeness (QED) is 0.299. The number of hydrogen-bond donors (Lipinski definition) is 0. The summed E-state index contributed by atoms with van der Waals surface area (Å²) >= 11 is 0. The van der Waals surface area contributed by atoms with Gasteiger partial charge in [-0.2, -0.15) is 0 Å². The fraction of sp³-hybridized carbons (Fsp3) is 0.296. The Kier molecular flexibility index (Phi) is 7.45. The third-order valence-corrected chi connectivity index (χ3v) is 11.9. The van der Waals surface area contributed by atoms with Gasteiger partial charge in [0.25, 0.3) is 0 Å². The van der Waals surface area contributed by atoms with Crippen LogP contribution in [0, 0.1) is 0 Å². The van der Waals surface area contributed by atoms with E-state index in [0.29, 0.717) is 6.42 Å². The van der Waals surface area contributed by atoms with E-state index < -0.39 is 6.83 Å². The van der Waals surface area contributed by atoms with Gasteiger partial charge in [0.05, 0.1) is 0 Å². The average Bonchev–Trinajstić information content (AvgIpc) is 2.81. The van der Waals surface area contributed by atoms with Crippen LogP contribution in [0.5, 0.6) is 0 Å². The second kappa shape index (κ2) is 10.0. The standard InChI is InChI=1S/C27H33O2P/c1-3-5-9-22-27(28)29-30(23-4-2,24-16-10-6-11-17-24,25-18-12-7-13-19-25)26-20-14-8-15-21-26/h6-8,10-21H,3-5,9,22-23H2,1-2H3. The molecule has 0 heterocycles. The van der Waals surface area contributed by atoms with E-state index in [0.717, 1.165) is 47.8 Å². The first-order chi connectivity index (χ1) is 14.7. The minimum atomic E-state index is -3.47. The summed E-state index contributed by atoms with van der Waals surface area (Å²) in [7, 11) is 0. The third kappa shape index (κ3) is 4.07. The third-order valence-electron chi connectivity index (χ3n) is 5.85. The van der Waals surface area contributed by atoms with Crippen LogP contribution in [0.3, 0.4) is 0 Å². The van der Waals surface area contributed by atoms with Crippen LogP contribution in [-0.2, 0) is 9.32 Å². The molecule has 0 atom stereocenters. The van der Waals surface area contributed by atoms with Crippen molar-refractivity contribution >= 4 is 28.7 Å². The van der Waals surface area contributed by atoms with Gasteiger partial charge < -0.3 is 0 Å². The first kappa shape index (κ1) is 22.2. The molecule has 0 aliphatic rings. The number of carbonyl (C=O) groups excluding carboxylic acids is 1. The van der Waals surface area contributed by atoms with E-state index in [4.69, 9.17) is 4.52 Å². The zero-order valence-electron chi connectivity index (χ0n) is 18.2. The Morgan fingerprint density at radius 3 is 1.47 bits per heavy atom. The number of benzene rings is 3. The molecule has 0 unspecified atom stereocenters. The summed E-state index contributed by atoms with van der Waals surface area (Å²) in [5, 5.41) is 3.35. The molecule has 30 heavy (non-hydrogen) atoms. The Morgan fingerprint density at radius 2 is 1.10 bits per heavy atom. The van der Waals surface area contributed by atoms with Gasteiger partial charge in [0, 0.05) is 0 Å². The fourth-order valence-electron chi connectivity index (χ4n) is 4.48. The number of carbonyl (C=O) groups is 1.